The first kappa shape index (κ1) is 19.6. The van der Waals surface area contributed by atoms with E-state index in [4.69, 9.17) is 10.00 Å². The lowest BCUT2D eigenvalue weighted by molar-refractivity contribution is 0.398. The van der Waals surface area contributed by atoms with Gasteiger partial charge in [0.1, 0.15) is 0 Å². The number of hydrogen-bond donors (Lipinski definition) is 0. The molecule has 0 amide bonds. The van der Waals surface area contributed by atoms with E-state index in [-0.39, 0.29) is 6.04 Å². The van der Waals surface area contributed by atoms with E-state index in [0.717, 1.165) is 36.7 Å². The first-order valence-electron chi connectivity index (χ1n) is 10.1. The van der Waals surface area contributed by atoms with Crippen LogP contribution in [0.1, 0.15) is 30.3 Å². The summed E-state index contributed by atoms with van der Waals surface area (Å²) in [4.78, 5) is 7.76. The number of benzene rings is 1. The third kappa shape index (κ3) is 3.41. The Bertz CT molecular complexity index is 1300. The summed E-state index contributed by atoms with van der Waals surface area (Å²) >= 11 is 0. The monoisotopic (exact) mass is 428 g/mol. The maximum atomic E-state index is 9.14. The van der Waals surface area contributed by atoms with E-state index in [1.807, 2.05) is 29.8 Å². The van der Waals surface area contributed by atoms with Crippen molar-refractivity contribution in [2.75, 3.05) is 18.6 Å². The van der Waals surface area contributed by atoms with Crippen molar-refractivity contribution in [2.45, 2.75) is 18.9 Å². The molecular weight excluding hydrogens is 408 g/mol. The van der Waals surface area contributed by atoms with E-state index in [0.29, 0.717) is 23.0 Å². The van der Waals surface area contributed by atoms with Crippen molar-refractivity contribution in [2.24, 2.45) is 7.05 Å². The number of tetrazole rings is 1. The van der Waals surface area contributed by atoms with Crippen LogP contribution in [-0.4, -0.2) is 53.6 Å². The van der Waals surface area contributed by atoms with Gasteiger partial charge in [-0.1, -0.05) is 6.07 Å². The fraction of sp³-hybridized carbons (Fsp3) is 0.286. The molecule has 4 heterocycles. The summed E-state index contributed by atoms with van der Waals surface area (Å²) in [7, 11) is 3.52. The minimum absolute atomic E-state index is 0.0642. The molecule has 0 N–H and O–H groups in total. The zero-order valence-electron chi connectivity index (χ0n) is 17.6. The Balaban J connectivity index is 1.44. The highest BCUT2D eigenvalue weighted by Gasteiger charge is 2.33. The number of aromatic nitrogens is 8. The van der Waals surface area contributed by atoms with Crippen LogP contribution in [-0.2, 0) is 7.05 Å². The molecule has 32 heavy (non-hydrogen) atoms. The number of nitrogens with zero attached hydrogens (tertiary/aromatic N) is 10. The molecule has 3 aromatic heterocycles. The van der Waals surface area contributed by atoms with Gasteiger partial charge in [-0.3, -0.25) is 4.57 Å². The third-order valence-corrected chi connectivity index (χ3v) is 5.50. The molecule has 1 aromatic carbocycles. The van der Waals surface area contributed by atoms with E-state index in [2.05, 4.69) is 41.6 Å². The molecule has 0 saturated carbocycles. The number of hydrogen-bond acceptors (Lipinski definition) is 9. The van der Waals surface area contributed by atoms with Gasteiger partial charge in [0.05, 0.1) is 30.5 Å². The van der Waals surface area contributed by atoms with Crippen LogP contribution < -0.4 is 9.64 Å². The van der Waals surface area contributed by atoms with Crippen LogP contribution in [0, 0.1) is 11.3 Å². The Morgan fingerprint density at radius 1 is 1.16 bits per heavy atom. The average molecular weight is 428 g/mol. The average Bonchev–Trinajstić information content (AvgIpc) is 3.58. The predicted molar refractivity (Wildman–Crippen MR) is 114 cm³/mol. The first-order valence-corrected chi connectivity index (χ1v) is 10.1. The number of pyridine rings is 1. The summed E-state index contributed by atoms with van der Waals surface area (Å²) in [5, 5.41) is 31.1. The number of anilines is 1. The van der Waals surface area contributed by atoms with Gasteiger partial charge in [-0.25, -0.2) is 4.98 Å². The third-order valence-electron chi connectivity index (χ3n) is 5.50. The summed E-state index contributed by atoms with van der Waals surface area (Å²) in [5.74, 6) is 2.59. The van der Waals surface area contributed by atoms with Gasteiger partial charge >= 0.3 is 0 Å². The van der Waals surface area contributed by atoms with Crippen LogP contribution in [0.15, 0.2) is 42.6 Å². The molecule has 11 nitrogen and oxygen atoms in total. The van der Waals surface area contributed by atoms with E-state index in [1.54, 1.807) is 31.5 Å². The Hall–Kier alpha value is -4.33. The van der Waals surface area contributed by atoms with Crippen molar-refractivity contribution >= 4 is 5.95 Å². The SMILES string of the molecule is COc1cc(-c2nnc(N3CCCC3c3nnn(-c4cccc(C#N)c4)n3)n2C)ccn1. The second kappa shape index (κ2) is 8.07. The minimum atomic E-state index is -0.0642. The highest BCUT2D eigenvalue weighted by molar-refractivity contribution is 5.58. The maximum absolute atomic E-state index is 9.14. The highest BCUT2D eigenvalue weighted by atomic mass is 16.5. The molecule has 1 unspecified atom stereocenters. The van der Waals surface area contributed by atoms with Crippen LogP contribution in [0.2, 0.25) is 0 Å². The van der Waals surface area contributed by atoms with Gasteiger partial charge in [0.15, 0.2) is 11.6 Å². The number of nitriles is 1. The summed E-state index contributed by atoms with van der Waals surface area (Å²) in [5.41, 5.74) is 2.11. The molecule has 11 heteroatoms. The topological polar surface area (TPSA) is 123 Å². The predicted octanol–water partition coefficient (Wildman–Crippen LogP) is 2.07. The second-order valence-electron chi connectivity index (χ2n) is 7.42. The number of ether oxygens (including phenoxy) is 1. The Labute approximate surface area is 183 Å². The van der Waals surface area contributed by atoms with Crippen molar-refractivity contribution in [1.29, 1.82) is 5.26 Å². The molecule has 0 bridgehead atoms. The van der Waals surface area contributed by atoms with Gasteiger partial charge in [-0.15, -0.1) is 25.2 Å². The fourth-order valence-electron chi connectivity index (χ4n) is 3.92. The van der Waals surface area contributed by atoms with Crippen LogP contribution in [0.5, 0.6) is 5.88 Å². The van der Waals surface area contributed by atoms with Crippen molar-refractivity contribution in [3.8, 4) is 29.0 Å². The van der Waals surface area contributed by atoms with Crippen LogP contribution in [0.25, 0.3) is 17.1 Å². The molecule has 0 radical (unpaired) electrons. The fourth-order valence-corrected chi connectivity index (χ4v) is 3.92. The lowest BCUT2D eigenvalue weighted by Crippen LogP contribution is -2.26. The summed E-state index contributed by atoms with van der Waals surface area (Å²) in [6.45, 7) is 0.814. The van der Waals surface area contributed by atoms with E-state index >= 15 is 0 Å². The molecule has 4 aromatic rings. The molecule has 1 atom stereocenters. The molecule has 0 spiro atoms. The van der Waals surface area contributed by atoms with E-state index in [9.17, 15) is 0 Å². The van der Waals surface area contributed by atoms with Gasteiger partial charge in [0.25, 0.3) is 0 Å². The summed E-state index contributed by atoms with van der Waals surface area (Å²) < 4.78 is 7.18. The molecule has 5 rings (SSSR count). The van der Waals surface area contributed by atoms with Crippen molar-refractivity contribution in [3.63, 3.8) is 0 Å². The largest absolute Gasteiger partial charge is 0.481 e. The second-order valence-corrected chi connectivity index (χ2v) is 7.42. The normalized spacial score (nSPS) is 15.7. The summed E-state index contributed by atoms with van der Waals surface area (Å²) in [6, 6.07) is 12.9. The lowest BCUT2D eigenvalue weighted by atomic mass is 10.2. The molecule has 1 aliphatic heterocycles. The molecule has 0 aliphatic carbocycles. The Morgan fingerprint density at radius 2 is 2.06 bits per heavy atom. The molecule has 1 aliphatic rings. The van der Waals surface area contributed by atoms with Gasteiger partial charge in [0, 0.05) is 31.4 Å². The van der Waals surface area contributed by atoms with Crippen molar-refractivity contribution < 1.29 is 4.74 Å². The van der Waals surface area contributed by atoms with Gasteiger partial charge in [-0.2, -0.15) is 5.26 Å². The zero-order chi connectivity index (χ0) is 22.1. The van der Waals surface area contributed by atoms with Gasteiger partial charge in [-0.05, 0) is 42.3 Å². The molecule has 1 saturated heterocycles. The Morgan fingerprint density at radius 3 is 2.91 bits per heavy atom. The van der Waals surface area contributed by atoms with E-state index < -0.39 is 0 Å². The lowest BCUT2D eigenvalue weighted by Gasteiger charge is -2.22. The summed E-state index contributed by atoms with van der Waals surface area (Å²) in [6.07, 6.45) is 3.55. The molecular formula is C21H20N10O. The van der Waals surface area contributed by atoms with Crippen LogP contribution in [0.4, 0.5) is 5.95 Å². The molecule has 160 valence electrons. The zero-order valence-corrected chi connectivity index (χ0v) is 17.6. The first-order chi connectivity index (χ1) is 15.7. The quantitative estimate of drug-likeness (QED) is 0.470. The van der Waals surface area contributed by atoms with Gasteiger partial charge < -0.3 is 9.64 Å². The standard InChI is InChI=1S/C21H20N10O/c1-29-20(15-8-9-23-18(12-15)32-2)25-26-21(29)30-10-4-7-17(30)19-24-28-31(27-19)16-6-3-5-14(11-16)13-22/h3,5-6,8-9,11-12,17H,4,7,10H2,1-2H3. The molecule has 1 fully saturated rings. The van der Waals surface area contributed by atoms with E-state index in [1.165, 1.54) is 4.80 Å². The maximum Gasteiger partial charge on any atom is 0.227 e. The number of rotatable bonds is 5. The number of methoxy groups -OCH3 is 1. The van der Waals surface area contributed by atoms with Crippen molar-refractivity contribution in [1.82, 2.24) is 40.0 Å². The Kier molecular flexibility index (Phi) is 4.95. The van der Waals surface area contributed by atoms with Crippen LogP contribution >= 0.6 is 0 Å². The smallest absolute Gasteiger partial charge is 0.227 e. The minimum Gasteiger partial charge on any atom is -0.481 e. The van der Waals surface area contributed by atoms with Gasteiger partial charge in [0.2, 0.25) is 11.8 Å². The van der Waals surface area contributed by atoms with Crippen LogP contribution in [0.3, 0.4) is 0 Å². The van der Waals surface area contributed by atoms with Crippen molar-refractivity contribution in [3.05, 3.63) is 54.0 Å². The highest BCUT2D eigenvalue weighted by Crippen LogP contribution is 2.34.